The third-order valence-electron chi connectivity index (χ3n) is 4.05. The largest absolute Gasteiger partial charge is 0.370 e. The monoisotopic (exact) mass is 303 g/mol. The molecule has 7 nitrogen and oxygen atoms in total. The van der Waals surface area contributed by atoms with Gasteiger partial charge in [-0.05, 0) is 38.8 Å². The van der Waals surface area contributed by atoms with Crippen LogP contribution in [0.25, 0.3) is 0 Å². The first-order valence-corrected chi connectivity index (χ1v) is 7.65. The highest BCUT2D eigenvalue weighted by atomic mass is 16.6. The SMILES string of the molecule is CC1CCCCN1CCCNc1ccc([N+](=O)[O-])c(C#N)n1. The summed E-state index contributed by atoms with van der Waals surface area (Å²) in [4.78, 5) is 16.6. The molecular formula is C15H21N5O2. The van der Waals surface area contributed by atoms with E-state index >= 15 is 0 Å². The van der Waals surface area contributed by atoms with Gasteiger partial charge in [0.2, 0.25) is 5.69 Å². The molecule has 7 heteroatoms. The number of hydrogen-bond donors (Lipinski definition) is 1. The van der Waals surface area contributed by atoms with Gasteiger partial charge in [0, 0.05) is 25.2 Å². The minimum atomic E-state index is -0.590. The van der Waals surface area contributed by atoms with Crippen molar-refractivity contribution < 1.29 is 4.92 Å². The summed E-state index contributed by atoms with van der Waals surface area (Å²) >= 11 is 0. The zero-order chi connectivity index (χ0) is 15.9. The summed E-state index contributed by atoms with van der Waals surface area (Å²) in [5.41, 5.74) is -0.408. The molecule has 0 amide bonds. The van der Waals surface area contributed by atoms with Gasteiger partial charge in [0.1, 0.15) is 11.9 Å². The second-order valence-corrected chi connectivity index (χ2v) is 5.59. The molecule has 2 rings (SSSR count). The summed E-state index contributed by atoms with van der Waals surface area (Å²) in [6.45, 7) is 5.20. The molecule has 0 aliphatic carbocycles. The van der Waals surface area contributed by atoms with Crippen molar-refractivity contribution >= 4 is 11.5 Å². The standard InChI is InChI=1S/C15H21N5O2/c1-12-5-2-3-9-19(12)10-4-8-17-15-7-6-14(20(21)22)13(11-16)18-15/h6-7,12H,2-5,8-10H2,1H3,(H,17,18). The fourth-order valence-electron chi connectivity index (χ4n) is 2.77. The van der Waals surface area contributed by atoms with Crippen LogP contribution in [-0.2, 0) is 0 Å². The molecule has 118 valence electrons. The number of nitrogens with one attached hydrogen (secondary N) is 1. The van der Waals surface area contributed by atoms with Crippen LogP contribution in [0.5, 0.6) is 0 Å². The number of nitro groups is 1. The summed E-state index contributed by atoms with van der Waals surface area (Å²) < 4.78 is 0. The number of rotatable bonds is 6. The maximum absolute atomic E-state index is 10.7. The van der Waals surface area contributed by atoms with E-state index in [0.717, 1.165) is 26.1 Å². The van der Waals surface area contributed by atoms with Crippen LogP contribution in [0, 0.1) is 21.4 Å². The lowest BCUT2D eigenvalue weighted by atomic mass is 10.0. The average Bonchev–Trinajstić information content (AvgIpc) is 2.52. The minimum absolute atomic E-state index is 0.153. The Kier molecular flexibility index (Phi) is 5.67. The van der Waals surface area contributed by atoms with Crippen LogP contribution in [-0.4, -0.2) is 40.5 Å². The highest BCUT2D eigenvalue weighted by molar-refractivity contribution is 5.50. The predicted octanol–water partition coefficient (Wildman–Crippen LogP) is 2.54. The van der Waals surface area contributed by atoms with Gasteiger partial charge in [0.25, 0.3) is 0 Å². The number of hydrogen-bond acceptors (Lipinski definition) is 6. The summed E-state index contributed by atoms with van der Waals surface area (Å²) in [5, 5.41) is 22.8. The molecule has 0 aromatic carbocycles. The zero-order valence-corrected chi connectivity index (χ0v) is 12.8. The molecule has 1 aliphatic rings. The minimum Gasteiger partial charge on any atom is -0.370 e. The number of pyridine rings is 1. The number of anilines is 1. The molecule has 1 N–H and O–H groups in total. The van der Waals surface area contributed by atoms with Crippen LogP contribution < -0.4 is 5.32 Å². The number of aromatic nitrogens is 1. The molecule has 22 heavy (non-hydrogen) atoms. The Morgan fingerprint density at radius 2 is 2.36 bits per heavy atom. The van der Waals surface area contributed by atoms with Gasteiger partial charge in [-0.3, -0.25) is 10.1 Å². The summed E-state index contributed by atoms with van der Waals surface area (Å²) in [6.07, 6.45) is 4.83. The van der Waals surface area contributed by atoms with Gasteiger partial charge >= 0.3 is 5.69 Å². The van der Waals surface area contributed by atoms with Crippen LogP contribution in [0.3, 0.4) is 0 Å². The van der Waals surface area contributed by atoms with Crippen LogP contribution in [0.4, 0.5) is 11.5 Å². The summed E-state index contributed by atoms with van der Waals surface area (Å²) in [6, 6.07) is 5.28. The van der Waals surface area contributed by atoms with Crippen molar-refractivity contribution in [2.24, 2.45) is 0 Å². The van der Waals surface area contributed by atoms with Gasteiger partial charge in [-0.1, -0.05) is 6.42 Å². The first kappa shape index (κ1) is 16.2. The number of likely N-dealkylation sites (tertiary alicyclic amines) is 1. The second kappa shape index (κ2) is 7.71. The molecule has 1 fully saturated rings. The average molecular weight is 303 g/mol. The fraction of sp³-hybridized carbons (Fsp3) is 0.600. The summed E-state index contributed by atoms with van der Waals surface area (Å²) in [5.74, 6) is 0.508. The smallest absolute Gasteiger partial charge is 0.305 e. The molecule has 1 aromatic rings. The van der Waals surface area contributed by atoms with Crippen molar-refractivity contribution in [1.82, 2.24) is 9.88 Å². The fourth-order valence-corrected chi connectivity index (χ4v) is 2.77. The van der Waals surface area contributed by atoms with E-state index < -0.39 is 4.92 Å². The Hall–Kier alpha value is -2.20. The normalized spacial score (nSPS) is 18.6. The van der Waals surface area contributed by atoms with Crippen LogP contribution in [0.2, 0.25) is 0 Å². The van der Waals surface area contributed by atoms with Gasteiger partial charge in [0.05, 0.1) is 4.92 Å². The van der Waals surface area contributed by atoms with Gasteiger partial charge in [-0.2, -0.15) is 5.26 Å². The second-order valence-electron chi connectivity index (χ2n) is 5.59. The van der Waals surface area contributed by atoms with Crippen molar-refractivity contribution in [2.45, 2.75) is 38.6 Å². The van der Waals surface area contributed by atoms with Crippen molar-refractivity contribution in [1.29, 1.82) is 5.26 Å². The molecule has 1 aliphatic heterocycles. The molecule has 1 unspecified atom stereocenters. The molecule has 1 atom stereocenters. The number of nitriles is 1. The Morgan fingerprint density at radius 1 is 1.55 bits per heavy atom. The van der Waals surface area contributed by atoms with Crippen molar-refractivity contribution in [3.8, 4) is 6.07 Å². The Morgan fingerprint density at radius 3 is 3.05 bits per heavy atom. The molecule has 0 radical (unpaired) electrons. The van der Waals surface area contributed by atoms with E-state index in [0.29, 0.717) is 11.9 Å². The lowest BCUT2D eigenvalue weighted by Gasteiger charge is -2.33. The van der Waals surface area contributed by atoms with Crippen LogP contribution >= 0.6 is 0 Å². The van der Waals surface area contributed by atoms with Crippen molar-refractivity contribution in [3.63, 3.8) is 0 Å². The van der Waals surface area contributed by atoms with E-state index in [1.54, 1.807) is 12.1 Å². The number of piperidine rings is 1. The van der Waals surface area contributed by atoms with Crippen molar-refractivity contribution in [2.75, 3.05) is 25.0 Å². The van der Waals surface area contributed by atoms with Gasteiger partial charge in [-0.15, -0.1) is 0 Å². The van der Waals surface area contributed by atoms with Gasteiger partial charge < -0.3 is 10.2 Å². The zero-order valence-electron chi connectivity index (χ0n) is 12.8. The molecule has 2 heterocycles. The van der Waals surface area contributed by atoms with E-state index in [2.05, 4.69) is 22.1 Å². The third-order valence-corrected chi connectivity index (χ3v) is 4.05. The Labute approximate surface area is 130 Å². The quantitative estimate of drug-likeness (QED) is 0.493. The molecule has 1 saturated heterocycles. The van der Waals surface area contributed by atoms with Crippen molar-refractivity contribution in [3.05, 3.63) is 27.9 Å². The molecule has 1 aromatic heterocycles. The maximum atomic E-state index is 10.7. The van der Waals surface area contributed by atoms with Crippen LogP contribution in [0.15, 0.2) is 12.1 Å². The van der Waals surface area contributed by atoms with Gasteiger partial charge in [-0.25, -0.2) is 4.98 Å². The van der Waals surface area contributed by atoms with Gasteiger partial charge in [0.15, 0.2) is 0 Å². The first-order valence-electron chi connectivity index (χ1n) is 7.65. The Bertz CT molecular complexity index is 570. The van der Waals surface area contributed by atoms with E-state index in [4.69, 9.17) is 5.26 Å². The lowest BCUT2D eigenvalue weighted by Crippen LogP contribution is -2.38. The highest BCUT2D eigenvalue weighted by Gasteiger charge is 2.17. The van der Waals surface area contributed by atoms with E-state index in [1.165, 1.54) is 25.3 Å². The molecule has 0 bridgehead atoms. The number of nitrogens with zero attached hydrogens (tertiary/aromatic N) is 4. The highest BCUT2D eigenvalue weighted by Crippen LogP contribution is 2.18. The topological polar surface area (TPSA) is 95.1 Å². The van der Waals surface area contributed by atoms with E-state index in [1.807, 2.05) is 0 Å². The Balaban J connectivity index is 1.82. The molecule has 0 saturated carbocycles. The van der Waals surface area contributed by atoms with E-state index in [9.17, 15) is 10.1 Å². The first-order chi connectivity index (χ1) is 10.6. The van der Waals surface area contributed by atoms with E-state index in [-0.39, 0.29) is 11.4 Å². The lowest BCUT2D eigenvalue weighted by molar-refractivity contribution is -0.385. The predicted molar refractivity (Wildman–Crippen MR) is 83.6 cm³/mol. The van der Waals surface area contributed by atoms with Crippen LogP contribution in [0.1, 0.15) is 38.3 Å². The third kappa shape index (κ3) is 4.15. The maximum Gasteiger partial charge on any atom is 0.305 e. The summed E-state index contributed by atoms with van der Waals surface area (Å²) in [7, 11) is 0. The molecular weight excluding hydrogens is 282 g/mol. The molecule has 0 spiro atoms.